The number of hydrogen-bond acceptors (Lipinski definition) is 10. The molecule has 8 heterocycles. The fourth-order valence-electron chi connectivity index (χ4n) is 10.8. The van der Waals surface area contributed by atoms with Crippen molar-refractivity contribution < 1.29 is 27.4 Å². The van der Waals surface area contributed by atoms with Gasteiger partial charge in [0, 0.05) is 74.4 Å². The minimum absolute atomic E-state index is 0.0000766. The Labute approximate surface area is 336 Å². The van der Waals surface area contributed by atoms with Crippen LogP contribution in [0.25, 0.3) is 32.9 Å². The van der Waals surface area contributed by atoms with Gasteiger partial charge in [0.15, 0.2) is 5.82 Å². The van der Waals surface area contributed by atoms with Crippen LogP contribution in [0, 0.1) is 24.0 Å². The third-order valence-electron chi connectivity index (χ3n) is 13.7. The van der Waals surface area contributed by atoms with Gasteiger partial charge in [0.1, 0.15) is 41.4 Å². The number of alkyl halides is 1. The molecule has 6 aliphatic rings. The number of fused-ring (bicyclic) bond motifs is 5. The van der Waals surface area contributed by atoms with Gasteiger partial charge in [-0.2, -0.15) is 9.97 Å². The number of hydrogen-bond donors (Lipinski definition) is 1. The molecule has 14 heteroatoms. The van der Waals surface area contributed by atoms with Crippen molar-refractivity contribution in [2.75, 3.05) is 63.9 Å². The molecule has 58 heavy (non-hydrogen) atoms. The number of carbonyl (C=O) groups excluding carboxylic acids is 1. The van der Waals surface area contributed by atoms with Crippen LogP contribution in [0.2, 0.25) is 0 Å². The first-order valence-corrected chi connectivity index (χ1v) is 21.1. The normalized spacial score (nSPS) is 26.7. The Morgan fingerprint density at radius 1 is 0.966 bits per heavy atom. The van der Waals surface area contributed by atoms with Crippen LogP contribution in [-0.2, 0) is 0 Å². The number of nitrogens with one attached hydrogen (secondary N) is 1. The minimum atomic E-state index is -0.932. The van der Waals surface area contributed by atoms with Gasteiger partial charge in [-0.05, 0) is 94.6 Å². The van der Waals surface area contributed by atoms with Gasteiger partial charge in [-0.25, -0.2) is 18.0 Å². The first kappa shape index (κ1) is 37.6. The number of likely N-dealkylation sites (tertiary alicyclic amines) is 2. The molecule has 2 unspecified atom stereocenters. The highest BCUT2D eigenvalue weighted by Gasteiger charge is 2.49. The molecule has 11 nitrogen and oxygen atoms in total. The van der Waals surface area contributed by atoms with E-state index in [0.717, 1.165) is 58.2 Å². The number of benzene rings is 2. The zero-order valence-corrected chi connectivity index (χ0v) is 32.7. The fourth-order valence-corrected chi connectivity index (χ4v) is 10.8. The summed E-state index contributed by atoms with van der Waals surface area (Å²) in [4.78, 5) is 36.4. The predicted octanol–water partition coefficient (Wildman–Crippen LogP) is 6.45. The second-order valence-electron chi connectivity index (χ2n) is 17.2. The van der Waals surface area contributed by atoms with Crippen molar-refractivity contribution in [1.29, 1.82) is 0 Å². The van der Waals surface area contributed by atoms with Crippen LogP contribution >= 0.6 is 0 Å². The van der Waals surface area contributed by atoms with Gasteiger partial charge >= 0.3 is 12.1 Å². The van der Waals surface area contributed by atoms with Crippen molar-refractivity contribution in [2.45, 2.75) is 94.0 Å². The van der Waals surface area contributed by atoms with E-state index in [2.05, 4.69) is 35.9 Å². The molecular formula is C44H49F3N8O3. The number of piperazine rings is 1. The van der Waals surface area contributed by atoms with Crippen LogP contribution in [0.5, 0.6) is 11.8 Å². The molecule has 4 aromatic rings. The number of pyridine rings is 1. The summed E-state index contributed by atoms with van der Waals surface area (Å²) < 4.78 is 59.8. The largest absolute Gasteiger partial charge is 0.461 e. The first-order chi connectivity index (χ1) is 28.2. The minimum Gasteiger partial charge on any atom is -0.461 e. The summed E-state index contributed by atoms with van der Waals surface area (Å²) in [6, 6.07) is 6.92. The van der Waals surface area contributed by atoms with Crippen molar-refractivity contribution in [1.82, 2.24) is 35.0 Å². The molecule has 2 bridgehead atoms. The van der Waals surface area contributed by atoms with Crippen LogP contribution < -0.4 is 19.7 Å². The summed E-state index contributed by atoms with van der Waals surface area (Å²) in [6.45, 7) is 6.06. The molecule has 304 valence electrons. The third kappa shape index (κ3) is 6.78. The predicted molar refractivity (Wildman–Crippen MR) is 215 cm³/mol. The van der Waals surface area contributed by atoms with E-state index in [9.17, 15) is 9.18 Å². The average molecular weight is 795 g/mol. The zero-order chi connectivity index (χ0) is 39.5. The zero-order valence-electron chi connectivity index (χ0n) is 32.7. The Balaban J connectivity index is 1.02. The monoisotopic (exact) mass is 794 g/mol. The maximum Gasteiger partial charge on any atom is 0.415 e. The quantitative estimate of drug-likeness (QED) is 0.211. The van der Waals surface area contributed by atoms with Crippen molar-refractivity contribution >= 4 is 33.6 Å². The molecule has 6 saturated heterocycles. The molecule has 4 atom stereocenters. The van der Waals surface area contributed by atoms with Crippen LogP contribution in [0.1, 0.15) is 69.8 Å². The van der Waals surface area contributed by atoms with E-state index in [1.165, 1.54) is 37.5 Å². The van der Waals surface area contributed by atoms with Crippen LogP contribution in [0.4, 0.5) is 23.8 Å². The number of terminal acetylenes is 1. The number of amides is 1. The summed E-state index contributed by atoms with van der Waals surface area (Å²) in [5.74, 6) is 1.71. The summed E-state index contributed by atoms with van der Waals surface area (Å²) in [6.07, 6.45) is 15.6. The number of carbonyl (C=O) groups is 1. The number of anilines is 1. The number of halogens is 3. The van der Waals surface area contributed by atoms with E-state index in [1.807, 2.05) is 0 Å². The Hall–Kier alpha value is -4.71. The molecule has 2 aromatic carbocycles. The molecule has 0 aliphatic carbocycles. The fraction of sp³-hybridized carbons (Fsp3) is 0.545. The summed E-state index contributed by atoms with van der Waals surface area (Å²) >= 11 is 0. The Morgan fingerprint density at radius 3 is 2.53 bits per heavy atom. The third-order valence-corrected chi connectivity index (χ3v) is 13.7. The van der Waals surface area contributed by atoms with Crippen molar-refractivity contribution in [3.8, 4) is 35.4 Å². The molecule has 1 N–H and O–H groups in total. The molecule has 2 aromatic heterocycles. The Kier molecular flexibility index (Phi) is 9.81. The van der Waals surface area contributed by atoms with E-state index in [4.69, 9.17) is 20.9 Å². The van der Waals surface area contributed by atoms with Gasteiger partial charge in [-0.3, -0.25) is 9.88 Å². The van der Waals surface area contributed by atoms with Gasteiger partial charge in [-0.1, -0.05) is 18.4 Å². The second kappa shape index (κ2) is 15.1. The number of piperidine rings is 2. The summed E-state index contributed by atoms with van der Waals surface area (Å²) in [7, 11) is 0. The standard InChI is InChI=1S/C44H49F3N8O3/c1-2-33-36(46)10-7-27-19-32(58-43(56)53-17-11-31(12-18-53)52-14-4-3-5-15-52)20-34(37(27)33)39-38(47)40-35(22-48-39)41(54-24-29-8-9-30(25-54)49-29)51-42(50-40)57-26-44-13-6-16-55(44)23-28(45)21-44/h1,7,10,19-20,22,28-31,49H,3-6,8-9,11-18,21,23-26H2/t28-,29?,30?,44+/m1/s1. The molecule has 10 rings (SSSR count). The van der Waals surface area contributed by atoms with Crippen molar-refractivity contribution in [3.63, 3.8) is 0 Å². The van der Waals surface area contributed by atoms with E-state index in [-0.39, 0.29) is 58.2 Å². The van der Waals surface area contributed by atoms with Crippen molar-refractivity contribution in [3.05, 3.63) is 47.7 Å². The molecule has 0 radical (unpaired) electrons. The highest BCUT2D eigenvalue weighted by molar-refractivity contribution is 6.03. The van der Waals surface area contributed by atoms with E-state index < -0.39 is 29.4 Å². The molecular weight excluding hydrogens is 746 g/mol. The van der Waals surface area contributed by atoms with E-state index in [1.54, 1.807) is 17.2 Å². The first-order valence-electron chi connectivity index (χ1n) is 21.1. The SMILES string of the molecule is C#Cc1c(F)ccc2cc(OC(=O)N3CCC(N4CCCCC4)CC3)cc(-c3ncc4c(N5CC6CCC(C5)N6)nc(OC[C@@]56CCCN5C[C@H](F)C6)nc4c3F)c12. The van der Waals surface area contributed by atoms with E-state index >= 15 is 8.78 Å². The lowest BCUT2D eigenvalue weighted by atomic mass is 9.95. The maximum absolute atomic E-state index is 17.4. The maximum atomic E-state index is 17.4. The molecule has 0 saturated carbocycles. The highest BCUT2D eigenvalue weighted by Crippen LogP contribution is 2.42. The van der Waals surface area contributed by atoms with Gasteiger partial charge in [-0.15, -0.1) is 6.42 Å². The highest BCUT2D eigenvalue weighted by atomic mass is 19.1. The van der Waals surface area contributed by atoms with Crippen LogP contribution in [0.3, 0.4) is 0 Å². The van der Waals surface area contributed by atoms with E-state index in [0.29, 0.717) is 61.8 Å². The smallest absolute Gasteiger partial charge is 0.415 e. The molecule has 6 aliphatic heterocycles. The topological polar surface area (TPSA) is 99.2 Å². The van der Waals surface area contributed by atoms with Gasteiger partial charge in [0.05, 0.1) is 16.5 Å². The van der Waals surface area contributed by atoms with Gasteiger partial charge < -0.3 is 29.5 Å². The lowest BCUT2D eigenvalue weighted by Crippen LogP contribution is -2.51. The Bertz CT molecular complexity index is 2280. The lowest BCUT2D eigenvalue weighted by molar-refractivity contribution is 0.0878. The summed E-state index contributed by atoms with van der Waals surface area (Å²) in [5.41, 5.74) is -0.494. The average Bonchev–Trinajstić information content (AvgIpc) is 3.90. The number of aromatic nitrogens is 3. The lowest BCUT2D eigenvalue weighted by Gasteiger charge is -2.39. The van der Waals surface area contributed by atoms with Crippen LogP contribution in [-0.4, -0.2) is 125 Å². The van der Waals surface area contributed by atoms with Crippen LogP contribution in [0.15, 0.2) is 30.5 Å². The van der Waals surface area contributed by atoms with Gasteiger partial charge in [0.2, 0.25) is 0 Å². The number of nitrogens with zero attached hydrogens (tertiary/aromatic N) is 7. The van der Waals surface area contributed by atoms with Gasteiger partial charge in [0.25, 0.3) is 0 Å². The molecule has 6 fully saturated rings. The number of ether oxygens (including phenoxy) is 2. The molecule has 0 spiro atoms. The second-order valence-corrected chi connectivity index (χ2v) is 17.2. The Morgan fingerprint density at radius 2 is 1.76 bits per heavy atom. The summed E-state index contributed by atoms with van der Waals surface area (Å²) in [5, 5.41) is 4.77. The number of rotatable bonds is 7. The van der Waals surface area contributed by atoms with Crippen molar-refractivity contribution in [2.24, 2.45) is 0 Å². The molecule has 1 amide bonds.